The number of rotatable bonds is 12. The van der Waals surface area contributed by atoms with E-state index in [1.807, 2.05) is 36.4 Å². The van der Waals surface area contributed by atoms with E-state index in [1.54, 1.807) is 43.8 Å². The van der Waals surface area contributed by atoms with Gasteiger partial charge in [0.15, 0.2) is 0 Å². The molecule has 1 aromatic carbocycles. The van der Waals surface area contributed by atoms with Crippen molar-refractivity contribution >= 4 is 40.7 Å². The summed E-state index contributed by atoms with van der Waals surface area (Å²) in [5, 5.41) is 15.0. The van der Waals surface area contributed by atoms with Crippen LogP contribution in [-0.2, 0) is 11.2 Å². The van der Waals surface area contributed by atoms with E-state index in [0.29, 0.717) is 17.9 Å². The zero-order valence-electron chi connectivity index (χ0n) is 26.6. The second-order valence-corrected chi connectivity index (χ2v) is 13.0. The quantitative estimate of drug-likeness (QED) is 0.211. The molecule has 45 heavy (non-hydrogen) atoms. The van der Waals surface area contributed by atoms with Crippen molar-refractivity contribution in [3.63, 3.8) is 0 Å². The van der Waals surface area contributed by atoms with E-state index in [4.69, 9.17) is 4.74 Å². The highest BCUT2D eigenvalue weighted by Crippen LogP contribution is 2.28. The van der Waals surface area contributed by atoms with Crippen LogP contribution in [0.3, 0.4) is 0 Å². The van der Waals surface area contributed by atoms with Crippen LogP contribution in [0.25, 0.3) is 0 Å². The maximum absolute atomic E-state index is 13.0. The van der Waals surface area contributed by atoms with Gasteiger partial charge in [-0.3, -0.25) is 15.1 Å². The first-order chi connectivity index (χ1) is 21.6. The molecule has 2 aromatic heterocycles. The van der Waals surface area contributed by atoms with Gasteiger partial charge < -0.3 is 30.5 Å². The van der Waals surface area contributed by atoms with Gasteiger partial charge in [0, 0.05) is 49.7 Å². The fourth-order valence-corrected chi connectivity index (χ4v) is 5.64. The Morgan fingerprint density at radius 2 is 1.69 bits per heavy atom. The van der Waals surface area contributed by atoms with E-state index in [2.05, 4.69) is 43.1 Å². The van der Waals surface area contributed by atoms with E-state index in [-0.39, 0.29) is 17.8 Å². The van der Waals surface area contributed by atoms with Gasteiger partial charge in [-0.1, -0.05) is 36.4 Å². The minimum atomic E-state index is -0.644. The number of amides is 4. The lowest BCUT2D eigenvalue weighted by atomic mass is 10.0. The molecule has 0 spiro atoms. The Labute approximate surface area is 269 Å². The molecule has 1 fully saturated rings. The summed E-state index contributed by atoms with van der Waals surface area (Å²) in [4.78, 5) is 47.4. The molecule has 12 heteroatoms. The maximum Gasteiger partial charge on any atom is 0.412 e. The van der Waals surface area contributed by atoms with Crippen LogP contribution in [0.15, 0.2) is 59.4 Å². The molecular weight excluding hydrogens is 590 g/mol. The summed E-state index contributed by atoms with van der Waals surface area (Å²) in [5.74, 6) is -0.412. The minimum Gasteiger partial charge on any atom is -0.444 e. The highest BCUT2D eigenvalue weighted by atomic mass is 32.1. The van der Waals surface area contributed by atoms with Crippen molar-refractivity contribution in [2.24, 2.45) is 0 Å². The third-order valence-electron chi connectivity index (χ3n) is 7.38. The molecule has 1 saturated heterocycles. The number of ether oxygens (including phenoxy) is 1. The number of nitrogens with zero attached hydrogens (tertiary/aromatic N) is 3. The molecule has 3 aromatic rings. The molecule has 1 unspecified atom stereocenters. The lowest BCUT2D eigenvalue weighted by Crippen LogP contribution is -2.45. The van der Waals surface area contributed by atoms with Crippen molar-refractivity contribution in [1.29, 1.82) is 0 Å². The molecule has 0 bridgehead atoms. The standard InChI is InChI=1S/C33H45N7O4S/c1-33(2,3)44-32(43)38-29-23-45-22-28(29)36-30(41)27-13-12-25(21-35-27)26(11-8-16-40-19-17-39(4)18-20-40)37-31(42)34-15-14-24-9-6-5-7-10-24/h5-7,9-10,12-13,21-23,26H,8,11,14-20H2,1-4H3,(H,36,41)(H,38,43)(H2,34,37,42). The molecule has 3 heterocycles. The number of carbonyl (C=O) groups excluding carboxylic acids is 3. The SMILES string of the molecule is CN1CCN(CCCC(NC(=O)NCCc2ccccc2)c2ccc(C(=O)Nc3cscc3NC(=O)OC(C)(C)C)nc2)CC1. The van der Waals surface area contributed by atoms with Crippen LogP contribution in [0.4, 0.5) is 21.0 Å². The van der Waals surface area contributed by atoms with Crippen molar-refractivity contribution in [3.05, 3.63) is 76.2 Å². The lowest BCUT2D eigenvalue weighted by Gasteiger charge is -2.32. The molecule has 0 aliphatic carbocycles. The van der Waals surface area contributed by atoms with Gasteiger partial charge in [0.1, 0.15) is 11.3 Å². The van der Waals surface area contributed by atoms with Crippen LogP contribution in [0, 0.1) is 0 Å². The monoisotopic (exact) mass is 635 g/mol. The number of thiophene rings is 1. The number of benzene rings is 1. The first-order valence-electron chi connectivity index (χ1n) is 15.4. The van der Waals surface area contributed by atoms with Gasteiger partial charge in [0.25, 0.3) is 5.91 Å². The van der Waals surface area contributed by atoms with Crippen LogP contribution in [-0.4, -0.2) is 84.7 Å². The third-order valence-corrected chi connectivity index (χ3v) is 8.12. The second-order valence-electron chi connectivity index (χ2n) is 12.2. The summed E-state index contributed by atoms with van der Waals surface area (Å²) in [6.45, 7) is 11.0. The number of urea groups is 1. The second kappa shape index (κ2) is 16.4. The van der Waals surface area contributed by atoms with Gasteiger partial charge >= 0.3 is 12.1 Å². The smallest absolute Gasteiger partial charge is 0.412 e. The zero-order valence-corrected chi connectivity index (χ0v) is 27.4. The molecule has 242 valence electrons. The zero-order chi connectivity index (χ0) is 32.2. The topological polar surface area (TPSA) is 128 Å². The van der Waals surface area contributed by atoms with Crippen molar-refractivity contribution < 1.29 is 19.1 Å². The molecule has 0 saturated carbocycles. The summed E-state index contributed by atoms with van der Waals surface area (Å²) in [5.41, 5.74) is 2.46. The number of piperazine rings is 1. The number of nitrogens with one attached hydrogen (secondary N) is 4. The highest BCUT2D eigenvalue weighted by molar-refractivity contribution is 7.09. The maximum atomic E-state index is 13.0. The number of anilines is 2. The number of aromatic nitrogens is 1. The largest absolute Gasteiger partial charge is 0.444 e. The fraction of sp³-hybridized carbons (Fsp3) is 0.455. The third kappa shape index (κ3) is 11.5. The Balaban J connectivity index is 1.36. The summed E-state index contributed by atoms with van der Waals surface area (Å²) in [6.07, 6.45) is 3.43. The average molecular weight is 636 g/mol. The first kappa shape index (κ1) is 33.9. The molecular formula is C33H45N7O4S. The van der Waals surface area contributed by atoms with Gasteiger partial charge in [-0.05, 0) is 70.8 Å². The van der Waals surface area contributed by atoms with Gasteiger partial charge in [0.2, 0.25) is 0 Å². The first-order valence-corrected chi connectivity index (χ1v) is 16.3. The van der Waals surface area contributed by atoms with Crippen molar-refractivity contribution in [2.75, 3.05) is 56.9 Å². The van der Waals surface area contributed by atoms with Gasteiger partial charge in [-0.15, -0.1) is 11.3 Å². The van der Waals surface area contributed by atoms with Crippen molar-refractivity contribution in [2.45, 2.75) is 51.7 Å². The van der Waals surface area contributed by atoms with Gasteiger partial charge in [0.05, 0.1) is 17.4 Å². The van der Waals surface area contributed by atoms with Crippen LogP contribution >= 0.6 is 11.3 Å². The minimum absolute atomic E-state index is 0.219. The number of likely N-dealkylation sites (N-methyl/N-ethyl adjacent to an activating group) is 1. The molecule has 4 amide bonds. The number of hydrogen-bond donors (Lipinski definition) is 4. The van der Waals surface area contributed by atoms with Crippen LogP contribution < -0.4 is 21.3 Å². The van der Waals surface area contributed by atoms with E-state index in [1.165, 1.54) is 11.3 Å². The van der Waals surface area contributed by atoms with E-state index < -0.39 is 17.6 Å². The lowest BCUT2D eigenvalue weighted by molar-refractivity contribution is 0.0635. The molecule has 1 atom stereocenters. The molecule has 11 nitrogen and oxygen atoms in total. The predicted molar refractivity (Wildman–Crippen MR) is 179 cm³/mol. The Morgan fingerprint density at radius 1 is 0.978 bits per heavy atom. The van der Waals surface area contributed by atoms with Crippen molar-refractivity contribution in [1.82, 2.24) is 25.4 Å². The molecule has 1 aliphatic rings. The van der Waals surface area contributed by atoms with Crippen LogP contribution in [0.2, 0.25) is 0 Å². The summed E-state index contributed by atoms with van der Waals surface area (Å²) in [7, 11) is 2.14. The summed E-state index contributed by atoms with van der Waals surface area (Å²) in [6, 6.07) is 13.0. The normalized spacial score (nSPS) is 14.8. The summed E-state index contributed by atoms with van der Waals surface area (Å²) >= 11 is 1.34. The Bertz CT molecular complexity index is 1380. The number of carbonyl (C=O) groups is 3. The van der Waals surface area contributed by atoms with E-state index >= 15 is 0 Å². The Kier molecular flexibility index (Phi) is 12.3. The molecule has 1 aliphatic heterocycles. The molecule has 0 radical (unpaired) electrons. The van der Waals surface area contributed by atoms with Crippen LogP contribution in [0.1, 0.15) is 61.3 Å². The molecule has 4 rings (SSSR count). The van der Waals surface area contributed by atoms with Gasteiger partial charge in [-0.25, -0.2) is 9.59 Å². The number of hydrogen-bond acceptors (Lipinski definition) is 8. The van der Waals surface area contributed by atoms with E-state index in [9.17, 15) is 14.4 Å². The number of pyridine rings is 1. The Hall–Kier alpha value is -4.00. The Morgan fingerprint density at radius 3 is 2.36 bits per heavy atom. The summed E-state index contributed by atoms with van der Waals surface area (Å²) < 4.78 is 5.32. The van der Waals surface area contributed by atoms with E-state index in [0.717, 1.165) is 63.1 Å². The van der Waals surface area contributed by atoms with Crippen molar-refractivity contribution in [3.8, 4) is 0 Å². The van der Waals surface area contributed by atoms with Crippen LogP contribution in [0.5, 0.6) is 0 Å². The fourth-order valence-electron chi connectivity index (χ4n) is 4.92. The van der Waals surface area contributed by atoms with Gasteiger partial charge in [-0.2, -0.15) is 0 Å². The average Bonchev–Trinajstić information content (AvgIpc) is 3.43. The molecule has 4 N–H and O–H groups in total. The predicted octanol–water partition coefficient (Wildman–Crippen LogP) is 5.35. The highest BCUT2D eigenvalue weighted by Gasteiger charge is 2.21.